The Balaban J connectivity index is 1.94. The quantitative estimate of drug-likeness (QED) is 0.843. The van der Waals surface area contributed by atoms with Gasteiger partial charge in [-0.25, -0.2) is 8.42 Å². The molecule has 4 unspecified atom stereocenters. The van der Waals surface area contributed by atoms with Gasteiger partial charge >= 0.3 is 0 Å². The van der Waals surface area contributed by atoms with Gasteiger partial charge in [0.15, 0.2) is 9.84 Å². The van der Waals surface area contributed by atoms with Crippen LogP contribution in [0.4, 0.5) is 0 Å². The van der Waals surface area contributed by atoms with Gasteiger partial charge < -0.3 is 10.4 Å². The summed E-state index contributed by atoms with van der Waals surface area (Å²) < 4.78 is 23.9. The number of hydrogen-bond acceptors (Lipinski definition) is 4. The molecule has 22 heavy (non-hydrogen) atoms. The summed E-state index contributed by atoms with van der Waals surface area (Å²) >= 11 is 0. The normalized spacial score (nSPS) is 25.6. The zero-order valence-corrected chi connectivity index (χ0v) is 14.2. The highest BCUT2D eigenvalue weighted by Crippen LogP contribution is 2.25. The highest BCUT2D eigenvalue weighted by Gasteiger charge is 2.33. The first kappa shape index (κ1) is 17.4. The fraction of sp³-hybridized carbons (Fsp3) is 0.647. The van der Waals surface area contributed by atoms with Crippen molar-refractivity contribution in [1.29, 1.82) is 0 Å². The van der Waals surface area contributed by atoms with Crippen molar-refractivity contribution in [3.05, 3.63) is 35.9 Å². The summed E-state index contributed by atoms with van der Waals surface area (Å²) in [5.74, 6) is 0. The van der Waals surface area contributed by atoms with E-state index in [0.717, 1.165) is 31.2 Å². The Kier molecular flexibility index (Phi) is 6.01. The van der Waals surface area contributed by atoms with E-state index in [-0.39, 0.29) is 17.3 Å². The Morgan fingerprint density at radius 3 is 2.50 bits per heavy atom. The Morgan fingerprint density at radius 1 is 1.23 bits per heavy atom. The van der Waals surface area contributed by atoms with Crippen molar-refractivity contribution in [3.63, 3.8) is 0 Å². The molecular formula is C17H27NO3S. The second-order valence-corrected chi connectivity index (χ2v) is 8.75. The number of sulfone groups is 1. The molecular weight excluding hydrogens is 298 g/mol. The first-order chi connectivity index (χ1) is 10.4. The van der Waals surface area contributed by atoms with E-state index in [1.54, 1.807) is 0 Å². The molecule has 0 spiro atoms. The molecule has 2 rings (SSSR count). The first-order valence-corrected chi connectivity index (χ1v) is 10.0. The van der Waals surface area contributed by atoms with Crippen LogP contribution in [0.3, 0.4) is 0 Å². The first-order valence-electron chi connectivity index (χ1n) is 8.06. The highest BCUT2D eigenvalue weighted by atomic mass is 32.2. The van der Waals surface area contributed by atoms with E-state index in [2.05, 4.69) is 5.32 Å². The maximum Gasteiger partial charge on any atom is 0.151 e. The minimum atomic E-state index is -3.03. The molecule has 0 bridgehead atoms. The summed E-state index contributed by atoms with van der Waals surface area (Å²) in [7, 11) is -3.03. The third-order valence-electron chi connectivity index (χ3n) is 4.51. The molecule has 1 aliphatic rings. The Hall–Kier alpha value is -0.910. The SMILES string of the molecule is CC(CC(O)c1ccccc1)NC1CCCCC1S(C)(=O)=O. The Labute approximate surface area is 133 Å². The predicted molar refractivity (Wildman–Crippen MR) is 89.5 cm³/mol. The number of hydrogen-bond donors (Lipinski definition) is 2. The molecule has 2 N–H and O–H groups in total. The summed E-state index contributed by atoms with van der Waals surface area (Å²) in [6, 6.07) is 9.66. The summed E-state index contributed by atoms with van der Waals surface area (Å²) in [4.78, 5) is 0. The van der Waals surface area contributed by atoms with Crippen LogP contribution in [0, 0.1) is 0 Å². The molecule has 0 amide bonds. The van der Waals surface area contributed by atoms with Crippen LogP contribution in [0.25, 0.3) is 0 Å². The monoisotopic (exact) mass is 325 g/mol. The van der Waals surface area contributed by atoms with Crippen molar-refractivity contribution in [1.82, 2.24) is 5.32 Å². The van der Waals surface area contributed by atoms with Crippen LogP contribution in [0.5, 0.6) is 0 Å². The number of rotatable bonds is 6. The molecule has 0 radical (unpaired) electrons. The summed E-state index contributed by atoms with van der Waals surface area (Å²) in [5.41, 5.74) is 0.902. The van der Waals surface area contributed by atoms with Crippen LogP contribution in [-0.4, -0.2) is 37.1 Å². The maximum absolute atomic E-state index is 11.9. The van der Waals surface area contributed by atoms with Gasteiger partial charge in [-0.3, -0.25) is 0 Å². The van der Waals surface area contributed by atoms with Crippen LogP contribution in [0.1, 0.15) is 50.7 Å². The Morgan fingerprint density at radius 2 is 1.86 bits per heavy atom. The van der Waals surface area contributed by atoms with Crippen molar-refractivity contribution in [2.45, 2.75) is 62.5 Å². The van der Waals surface area contributed by atoms with Gasteiger partial charge in [0, 0.05) is 18.3 Å². The largest absolute Gasteiger partial charge is 0.388 e. The third-order valence-corrected chi connectivity index (χ3v) is 6.18. The standard InChI is InChI=1S/C17H27NO3S/c1-13(12-16(19)14-8-4-3-5-9-14)18-15-10-6-7-11-17(15)22(2,20)21/h3-5,8-9,13,15-19H,6-7,10-12H2,1-2H3. The molecule has 1 aliphatic carbocycles. The predicted octanol–water partition coefficient (Wildman–Crippen LogP) is 2.44. The van der Waals surface area contributed by atoms with Gasteiger partial charge in [-0.1, -0.05) is 43.2 Å². The fourth-order valence-electron chi connectivity index (χ4n) is 3.38. The van der Waals surface area contributed by atoms with Crippen LogP contribution >= 0.6 is 0 Å². The lowest BCUT2D eigenvalue weighted by Gasteiger charge is -2.33. The van der Waals surface area contributed by atoms with E-state index in [9.17, 15) is 13.5 Å². The maximum atomic E-state index is 11.9. The lowest BCUT2D eigenvalue weighted by Crippen LogP contribution is -2.49. The van der Waals surface area contributed by atoms with Crippen molar-refractivity contribution in [3.8, 4) is 0 Å². The molecule has 0 heterocycles. The highest BCUT2D eigenvalue weighted by molar-refractivity contribution is 7.91. The number of aliphatic hydroxyl groups is 1. The van der Waals surface area contributed by atoms with E-state index < -0.39 is 15.9 Å². The van der Waals surface area contributed by atoms with E-state index in [4.69, 9.17) is 0 Å². The number of aliphatic hydroxyl groups excluding tert-OH is 1. The van der Waals surface area contributed by atoms with Crippen LogP contribution in [-0.2, 0) is 9.84 Å². The van der Waals surface area contributed by atoms with E-state index >= 15 is 0 Å². The Bertz CT molecular complexity index is 559. The van der Waals surface area contributed by atoms with Gasteiger partial charge in [-0.15, -0.1) is 0 Å². The summed E-state index contributed by atoms with van der Waals surface area (Å²) in [6.07, 6.45) is 5.07. The molecule has 5 heteroatoms. The van der Waals surface area contributed by atoms with Gasteiger partial charge in [0.25, 0.3) is 0 Å². The van der Waals surface area contributed by atoms with E-state index in [0.29, 0.717) is 6.42 Å². The van der Waals surface area contributed by atoms with E-state index in [1.165, 1.54) is 6.26 Å². The number of nitrogens with one attached hydrogen (secondary N) is 1. The van der Waals surface area contributed by atoms with Crippen molar-refractivity contribution >= 4 is 9.84 Å². The molecule has 4 atom stereocenters. The lowest BCUT2D eigenvalue weighted by molar-refractivity contribution is 0.149. The minimum Gasteiger partial charge on any atom is -0.388 e. The van der Waals surface area contributed by atoms with Crippen LogP contribution in [0.2, 0.25) is 0 Å². The molecule has 0 aromatic heterocycles. The second-order valence-electron chi connectivity index (χ2n) is 6.49. The van der Waals surface area contributed by atoms with Gasteiger partial charge in [-0.05, 0) is 31.7 Å². The van der Waals surface area contributed by atoms with Crippen molar-refractivity contribution in [2.75, 3.05) is 6.26 Å². The average Bonchev–Trinajstić information content (AvgIpc) is 2.47. The van der Waals surface area contributed by atoms with Gasteiger partial charge in [0.2, 0.25) is 0 Å². The average molecular weight is 325 g/mol. The topological polar surface area (TPSA) is 66.4 Å². The van der Waals surface area contributed by atoms with Crippen LogP contribution in [0.15, 0.2) is 30.3 Å². The van der Waals surface area contributed by atoms with Crippen molar-refractivity contribution in [2.24, 2.45) is 0 Å². The van der Waals surface area contributed by atoms with Crippen LogP contribution < -0.4 is 5.32 Å². The number of benzene rings is 1. The summed E-state index contributed by atoms with van der Waals surface area (Å²) in [6.45, 7) is 2.01. The van der Waals surface area contributed by atoms with Crippen molar-refractivity contribution < 1.29 is 13.5 Å². The van der Waals surface area contributed by atoms with Gasteiger partial charge in [0.05, 0.1) is 11.4 Å². The molecule has 0 saturated heterocycles. The molecule has 124 valence electrons. The zero-order chi connectivity index (χ0) is 16.2. The molecule has 1 aromatic rings. The molecule has 1 saturated carbocycles. The van der Waals surface area contributed by atoms with Gasteiger partial charge in [0.1, 0.15) is 0 Å². The minimum absolute atomic E-state index is 0.00160. The zero-order valence-electron chi connectivity index (χ0n) is 13.4. The summed E-state index contributed by atoms with van der Waals surface area (Å²) in [5, 5.41) is 13.4. The smallest absolute Gasteiger partial charge is 0.151 e. The second kappa shape index (κ2) is 7.57. The van der Waals surface area contributed by atoms with E-state index in [1.807, 2.05) is 37.3 Å². The molecule has 0 aliphatic heterocycles. The molecule has 1 fully saturated rings. The molecule has 1 aromatic carbocycles. The third kappa shape index (κ3) is 4.80. The fourth-order valence-corrected chi connectivity index (χ4v) is 4.79. The lowest BCUT2D eigenvalue weighted by atomic mass is 9.93. The molecule has 4 nitrogen and oxygen atoms in total. The van der Waals surface area contributed by atoms with Gasteiger partial charge in [-0.2, -0.15) is 0 Å².